The van der Waals surface area contributed by atoms with Crippen molar-refractivity contribution in [3.8, 4) is 6.07 Å². The van der Waals surface area contributed by atoms with Gasteiger partial charge in [0, 0.05) is 0 Å². The zero-order chi connectivity index (χ0) is 5.70. The summed E-state index contributed by atoms with van der Waals surface area (Å²) in [5.74, 6) is -0.597. The minimum absolute atomic E-state index is 0.257. The summed E-state index contributed by atoms with van der Waals surface area (Å²) in [6.07, 6.45) is 0. The molecule has 0 radical (unpaired) electrons. The van der Waals surface area contributed by atoms with Crippen molar-refractivity contribution in [2.75, 3.05) is 13.2 Å². The number of rotatable bonds is 2. The molecule has 0 saturated carbocycles. The minimum atomic E-state index is -0.597. The van der Waals surface area contributed by atoms with E-state index < -0.39 is 5.92 Å². The Balaban J connectivity index is 3.23. The molecule has 0 rings (SSSR count). The van der Waals surface area contributed by atoms with Gasteiger partial charge in [0.15, 0.2) is 0 Å². The van der Waals surface area contributed by atoms with Crippen molar-refractivity contribution in [1.29, 1.82) is 5.26 Å². The largest absolute Gasteiger partial charge is 0.395 e. The third kappa shape index (κ3) is 2.15. The molecule has 40 valence electrons. The lowest BCUT2D eigenvalue weighted by Crippen LogP contribution is -2.06. The monoisotopic (exact) mass is 101 g/mol. The second-order valence-corrected chi connectivity index (χ2v) is 1.19. The summed E-state index contributed by atoms with van der Waals surface area (Å²) in [4.78, 5) is 0. The van der Waals surface area contributed by atoms with Crippen LogP contribution in [0.2, 0.25) is 0 Å². The molecule has 0 atom stereocenters. The van der Waals surface area contributed by atoms with Crippen molar-refractivity contribution in [3.63, 3.8) is 0 Å². The molecule has 2 N–H and O–H groups in total. The van der Waals surface area contributed by atoms with Crippen molar-refractivity contribution < 1.29 is 10.2 Å². The van der Waals surface area contributed by atoms with Crippen molar-refractivity contribution >= 4 is 0 Å². The standard InChI is InChI=1S/C4H7NO2/c5-1-4(2-6)3-7/h4,6-7H,2-3H2. The van der Waals surface area contributed by atoms with Gasteiger partial charge in [-0.1, -0.05) is 0 Å². The quantitative estimate of drug-likeness (QED) is 0.474. The summed E-state index contributed by atoms with van der Waals surface area (Å²) in [7, 11) is 0. The van der Waals surface area contributed by atoms with Gasteiger partial charge in [0.05, 0.1) is 25.2 Å². The van der Waals surface area contributed by atoms with E-state index in [1.807, 2.05) is 0 Å². The zero-order valence-electron chi connectivity index (χ0n) is 3.83. The molecular formula is C4H7NO2. The second-order valence-electron chi connectivity index (χ2n) is 1.19. The Hall–Kier alpha value is -0.590. The molecule has 0 amide bonds. The summed E-state index contributed by atoms with van der Waals surface area (Å²) in [5.41, 5.74) is 0. The first kappa shape index (κ1) is 6.41. The minimum Gasteiger partial charge on any atom is -0.395 e. The van der Waals surface area contributed by atoms with Crippen LogP contribution in [-0.2, 0) is 0 Å². The van der Waals surface area contributed by atoms with E-state index in [-0.39, 0.29) is 13.2 Å². The smallest absolute Gasteiger partial charge is 0.0924 e. The van der Waals surface area contributed by atoms with E-state index in [0.717, 1.165) is 0 Å². The van der Waals surface area contributed by atoms with E-state index in [4.69, 9.17) is 15.5 Å². The van der Waals surface area contributed by atoms with E-state index in [1.165, 1.54) is 0 Å². The maximum Gasteiger partial charge on any atom is 0.0924 e. The Morgan fingerprint density at radius 2 is 1.86 bits per heavy atom. The van der Waals surface area contributed by atoms with E-state index in [2.05, 4.69) is 0 Å². The average Bonchev–Trinajstić information content (AvgIpc) is 1.72. The van der Waals surface area contributed by atoms with Crippen LogP contribution < -0.4 is 0 Å². The van der Waals surface area contributed by atoms with Gasteiger partial charge in [0.25, 0.3) is 0 Å². The number of aliphatic hydroxyl groups excluding tert-OH is 2. The van der Waals surface area contributed by atoms with Gasteiger partial charge in [-0.25, -0.2) is 0 Å². The summed E-state index contributed by atoms with van der Waals surface area (Å²) in [6, 6.07) is 1.70. The van der Waals surface area contributed by atoms with Crippen LogP contribution >= 0.6 is 0 Å². The number of nitrogens with zero attached hydrogens (tertiary/aromatic N) is 1. The van der Waals surface area contributed by atoms with Gasteiger partial charge < -0.3 is 10.2 Å². The summed E-state index contributed by atoms with van der Waals surface area (Å²) >= 11 is 0. The van der Waals surface area contributed by atoms with Gasteiger partial charge in [0.1, 0.15) is 0 Å². The molecule has 0 fully saturated rings. The Labute approximate surface area is 41.8 Å². The number of nitriles is 1. The third-order valence-electron chi connectivity index (χ3n) is 0.623. The lowest BCUT2D eigenvalue weighted by atomic mass is 10.2. The maximum atomic E-state index is 8.14. The Morgan fingerprint density at radius 3 is 1.86 bits per heavy atom. The maximum absolute atomic E-state index is 8.14. The van der Waals surface area contributed by atoms with Crippen LogP contribution in [0.1, 0.15) is 0 Å². The highest BCUT2D eigenvalue weighted by atomic mass is 16.3. The zero-order valence-corrected chi connectivity index (χ0v) is 3.83. The molecule has 0 aromatic rings. The number of hydrogen-bond donors (Lipinski definition) is 2. The predicted molar refractivity (Wildman–Crippen MR) is 23.3 cm³/mol. The first-order chi connectivity index (χ1) is 3.35. The predicted octanol–water partition coefficient (Wildman–Crippen LogP) is -0.889. The Kier molecular flexibility index (Phi) is 3.29. The lowest BCUT2D eigenvalue weighted by molar-refractivity contribution is 0.182. The molecule has 3 heteroatoms. The van der Waals surface area contributed by atoms with Gasteiger partial charge in [-0.15, -0.1) is 0 Å². The van der Waals surface area contributed by atoms with E-state index in [1.54, 1.807) is 6.07 Å². The number of aliphatic hydroxyl groups is 2. The van der Waals surface area contributed by atoms with Crippen molar-refractivity contribution in [2.45, 2.75) is 0 Å². The van der Waals surface area contributed by atoms with Crippen LogP contribution in [0.4, 0.5) is 0 Å². The van der Waals surface area contributed by atoms with Gasteiger partial charge in [-0.3, -0.25) is 0 Å². The van der Waals surface area contributed by atoms with Gasteiger partial charge in [0.2, 0.25) is 0 Å². The first-order valence-electron chi connectivity index (χ1n) is 1.96. The molecule has 0 heterocycles. The molecule has 0 unspecified atom stereocenters. The molecule has 0 aliphatic rings. The molecule has 3 nitrogen and oxygen atoms in total. The normalized spacial score (nSPS) is 8.86. The molecule has 0 aliphatic heterocycles. The van der Waals surface area contributed by atoms with Crippen molar-refractivity contribution in [1.82, 2.24) is 0 Å². The SMILES string of the molecule is N#CC(CO)CO. The lowest BCUT2D eigenvalue weighted by Gasteiger charge is -1.94. The van der Waals surface area contributed by atoms with Crippen LogP contribution in [-0.4, -0.2) is 23.4 Å². The van der Waals surface area contributed by atoms with E-state index >= 15 is 0 Å². The molecular weight excluding hydrogens is 94.0 g/mol. The number of hydrogen-bond acceptors (Lipinski definition) is 3. The van der Waals surface area contributed by atoms with E-state index in [9.17, 15) is 0 Å². The van der Waals surface area contributed by atoms with Gasteiger partial charge in [-0.2, -0.15) is 5.26 Å². The summed E-state index contributed by atoms with van der Waals surface area (Å²) in [6.45, 7) is -0.514. The average molecular weight is 101 g/mol. The first-order valence-corrected chi connectivity index (χ1v) is 1.96. The molecule has 0 spiro atoms. The highest BCUT2D eigenvalue weighted by molar-refractivity contribution is 4.80. The third-order valence-corrected chi connectivity index (χ3v) is 0.623. The molecule has 0 aliphatic carbocycles. The van der Waals surface area contributed by atoms with Crippen LogP contribution in [0.15, 0.2) is 0 Å². The second kappa shape index (κ2) is 3.59. The fourth-order valence-electron chi connectivity index (χ4n) is 0.139. The van der Waals surface area contributed by atoms with Crippen LogP contribution in [0, 0.1) is 17.2 Å². The fourth-order valence-corrected chi connectivity index (χ4v) is 0.139. The Bertz CT molecular complexity index is 72.2. The fraction of sp³-hybridized carbons (Fsp3) is 0.750. The van der Waals surface area contributed by atoms with Crippen LogP contribution in [0.5, 0.6) is 0 Å². The van der Waals surface area contributed by atoms with Crippen molar-refractivity contribution in [3.05, 3.63) is 0 Å². The summed E-state index contributed by atoms with van der Waals surface area (Å²) < 4.78 is 0. The molecule has 0 aromatic carbocycles. The van der Waals surface area contributed by atoms with E-state index in [0.29, 0.717) is 0 Å². The highest BCUT2D eigenvalue weighted by Gasteiger charge is 1.99. The molecule has 7 heavy (non-hydrogen) atoms. The van der Waals surface area contributed by atoms with Gasteiger partial charge in [-0.05, 0) is 0 Å². The Morgan fingerprint density at radius 1 is 1.43 bits per heavy atom. The topological polar surface area (TPSA) is 64.2 Å². The van der Waals surface area contributed by atoms with Gasteiger partial charge >= 0.3 is 0 Å². The summed E-state index contributed by atoms with van der Waals surface area (Å²) in [5, 5.41) is 24.2. The van der Waals surface area contributed by atoms with Crippen molar-refractivity contribution in [2.24, 2.45) is 5.92 Å². The molecule has 0 aromatic heterocycles. The highest BCUT2D eigenvalue weighted by Crippen LogP contribution is 1.86. The van der Waals surface area contributed by atoms with Crippen LogP contribution in [0.3, 0.4) is 0 Å². The van der Waals surface area contributed by atoms with Crippen LogP contribution in [0.25, 0.3) is 0 Å². The molecule has 0 saturated heterocycles. The molecule has 0 bridgehead atoms.